The molecule has 1 unspecified atom stereocenters. The van der Waals surface area contributed by atoms with Crippen molar-refractivity contribution in [3.63, 3.8) is 0 Å². The molecule has 154 valence electrons. The van der Waals surface area contributed by atoms with Crippen LogP contribution in [0.4, 0.5) is 16.3 Å². The Bertz CT molecular complexity index is 879. The van der Waals surface area contributed by atoms with E-state index < -0.39 is 0 Å². The molecule has 3 N–H and O–H groups in total. The van der Waals surface area contributed by atoms with Gasteiger partial charge in [-0.3, -0.25) is 9.69 Å². The summed E-state index contributed by atoms with van der Waals surface area (Å²) in [5.41, 5.74) is 1.05. The lowest BCUT2D eigenvalue weighted by atomic mass is 10.1. The average Bonchev–Trinajstić information content (AvgIpc) is 3.12. The van der Waals surface area contributed by atoms with E-state index in [0.29, 0.717) is 22.1 Å². The lowest BCUT2D eigenvalue weighted by Gasteiger charge is -2.31. The maximum absolute atomic E-state index is 12.4. The minimum absolute atomic E-state index is 0.0908. The van der Waals surface area contributed by atoms with E-state index in [9.17, 15) is 9.59 Å². The minimum atomic E-state index is -0.319. The molecule has 3 amide bonds. The molecule has 8 heteroatoms. The van der Waals surface area contributed by atoms with Crippen molar-refractivity contribution >= 4 is 35.0 Å². The first kappa shape index (κ1) is 21.1. The van der Waals surface area contributed by atoms with Crippen LogP contribution in [-0.4, -0.2) is 46.5 Å². The van der Waals surface area contributed by atoms with Crippen molar-refractivity contribution in [1.82, 2.24) is 15.2 Å². The number of carbonyl (C=O) groups excluding carboxylic acids is 2. The Hall–Kier alpha value is -2.64. The van der Waals surface area contributed by atoms with E-state index in [2.05, 4.69) is 46.6 Å². The van der Waals surface area contributed by atoms with Gasteiger partial charge in [-0.2, -0.15) is 0 Å². The first-order chi connectivity index (χ1) is 13.7. The molecule has 0 radical (unpaired) electrons. The van der Waals surface area contributed by atoms with Gasteiger partial charge in [-0.05, 0) is 57.5 Å². The standard InChI is InChI=1S/C21H26ClN5O2/c1-21(2,3)27-10-9-17(13-27)25-20(29)24-16-6-4-5-14(11-16)19(28)26-18-8-7-15(22)12-23-18/h4-8,11-12,17H,9-10,13H2,1-3H3,(H,23,26,28)(H2,24,25,29). The van der Waals surface area contributed by atoms with Gasteiger partial charge in [-0.25, -0.2) is 9.78 Å². The van der Waals surface area contributed by atoms with E-state index in [-0.39, 0.29) is 23.5 Å². The maximum Gasteiger partial charge on any atom is 0.319 e. The second-order valence-electron chi connectivity index (χ2n) is 8.10. The number of halogens is 1. The molecule has 1 aromatic heterocycles. The van der Waals surface area contributed by atoms with E-state index in [1.165, 1.54) is 6.20 Å². The molecular weight excluding hydrogens is 390 g/mol. The molecular formula is C21H26ClN5O2. The van der Waals surface area contributed by atoms with Crippen LogP contribution in [0.15, 0.2) is 42.6 Å². The Morgan fingerprint density at radius 1 is 1.17 bits per heavy atom. The van der Waals surface area contributed by atoms with Gasteiger partial charge >= 0.3 is 6.03 Å². The second kappa shape index (κ2) is 8.80. The molecule has 0 saturated carbocycles. The summed E-state index contributed by atoms with van der Waals surface area (Å²) in [4.78, 5) is 31.2. The summed E-state index contributed by atoms with van der Waals surface area (Å²) in [5.74, 6) is 0.0839. The topological polar surface area (TPSA) is 86.4 Å². The summed E-state index contributed by atoms with van der Waals surface area (Å²) >= 11 is 5.80. The highest BCUT2D eigenvalue weighted by Gasteiger charge is 2.30. The van der Waals surface area contributed by atoms with Crippen LogP contribution in [-0.2, 0) is 0 Å². The summed E-state index contributed by atoms with van der Waals surface area (Å²) in [6, 6.07) is 9.87. The van der Waals surface area contributed by atoms with E-state index in [1.54, 1.807) is 36.4 Å². The molecule has 0 bridgehead atoms. The average molecular weight is 416 g/mol. The van der Waals surface area contributed by atoms with Gasteiger partial charge in [0.05, 0.1) is 5.02 Å². The summed E-state index contributed by atoms with van der Waals surface area (Å²) in [5, 5.41) is 9.01. The van der Waals surface area contributed by atoms with Crippen molar-refractivity contribution in [2.24, 2.45) is 0 Å². The number of carbonyl (C=O) groups is 2. The van der Waals surface area contributed by atoms with Gasteiger partial charge in [0.25, 0.3) is 5.91 Å². The predicted molar refractivity (Wildman–Crippen MR) is 116 cm³/mol. The van der Waals surface area contributed by atoms with Crippen molar-refractivity contribution in [2.75, 3.05) is 23.7 Å². The van der Waals surface area contributed by atoms with Crippen LogP contribution in [0.1, 0.15) is 37.6 Å². The highest BCUT2D eigenvalue weighted by atomic mass is 35.5. The second-order valence-corrected chi connectivity index (χ2v) is 8.53. The zero-order chi connectivity index (χ0) is 21.0. The van der Waals surface area contributed by atoms with Gasteiger partial charge in [0.1, 0.15) is 5.82 Å². The van der Waals surface area contributed by atoms with Crippen molar-refractivity contribution in [1.29, 1.82) is 0 Å². The fourth-order valence-corrected chi connectivity index (χ4v) is 3.33. The molecule has 2 heterocycles. The largest absolute Gasteiger partial charge is 0.334 e. The zero-order valence-electron chi connectivity index (χ0n) is 16.8. The number of likely N-dealkylation sites (tertiary alicyclic amines) is 1. The Balaban J connectivity index is 1.56. The van der Waals surface area contributed by atoms with Crippen LogP contribution in [0.25, 0.3) is 0 Å². The summed E-state index contributed by atoms with van der Waals surface area (Å²) in [6.45, 7) is 8.30. The first-order valence-corrected chi connectivity index (χ1v) is 9.94. The lowest BCUT2D eigenvalue weighted by molar-refractivity contribution is 0.102. The number of aromatic nitrogens is 1. The fraction of sp³-hybridized carbons (Fsp3) is 0.381. The predicted octanol–water partition coefficient (Wildman–Crippen LogP) is 3.98. The number of nitrogens with one attached hydrogen (secondary N) is 3. The molecule has 2 aromatic rings. The van der Waals surface area contributed by atoms with Crippen LogP contribution >= 0.6 is 11.6 Å². The third kappa shape index (κ3) is 5.92. The molecule has 7 nitrogen and oxygen atoms in total. The van der Waals surface area contributed by atoms with Gasteiger partial charge in [0, 0.05) is 42.1 Å². The van der Waals surface area contributed by atoms with Crippen LogP contribution < -0.4 is 16.0 Å². The van der Waals surface area contributed by atoms with Crippen molar-refractivity contribution < 1.29 is 9.59 Å². The monoisotopic (exact) mass is 415 g/mol. The molecule has 1 fully saturated rings. The molecule has 0 aliphatic carbocycles. The summed E-state index contributed by atoms with van der Waals surface area (Å²) in [7, 11) is 0. The van der Waals surface area contributed by atoms with Crippen LogP contribution in [0.3, 0.4) is 0 Å². The van der Waals surface area contributed by atoms with Gasteiger partial charge < -0.3 is 16.0 Å². The lowest BCUT2D eigenvalue weighted by Crippen LogP contribution is -2.44. The van der Waals surface area contributed by atoms with Gasteiger partial charge in [0.15, 0.2) is 0 Å². The molecule has 1 atom stereocenters. The number of hydrogen-bond donors (Lipinski definition) is 3. The quantitative estimate of drug-likeness (QED) is 0.704. The molecule has 1 saturated heterocycles. The van der Waals surface area contributed by atoms with Crippen molar-refractivity contribution in [3.8, 4) is 0 Å². The van der Waals surface area contributed by atoms with E-state index in [4.69, 9.17) is 11.6 Å². The molecule has 1 aliphatic rings. The number of nitrogens with zero attached hydrogens (tertiary/aromatic N) is 2. The van der Waals surface area contributed by atoms with E-state index in [1.807, 2.05) is 0 Å². The minimum Gasteiger partial charge on any atom is -0.334 e. The molecule has 0 spiro atoms. The molecule has 3 rings (SSSR count). The number of rotatable bonds is 4. The van der Waals surface area contributed by atoms with Crippen molar-refractivity contribution in [3.05, 3.63) is 53.2 Å². The smallest absolute Gasteiger partial charge is 0.319 e. The summed E-state index contributed by atoms with van der Waals surface area (Å²) in [6.07, 6.45) is 2.38. The van der Waals surface area contributed by atoms with Crippen molar-refractivity contribution in [2.45, 2.75) is 38.8 Å². The van der Waals surface area contributed by atoms with Gasteiger partial charge in [-0.15, -0.1) is 0 Å². The normalized spacial score (nSPS) is 17.0. The van der Waals surface area contributed by atoms with E-state index in [0.717, 1.165) is 19.5 Å². The molecule has 1 aliphatic heterocycles. The Kier molecular flexibility index (Phi) is 6.39. The summed E-state index contributed by atoms with van der Waals surface area (Å²) < 4.78 is 0. The SMILES string of the molecule is CC(C)(C)N1CCC(NC(=O)Nc2cccc(C(=O)Nc3ccc(Cl)cn3)c2)C1. The number of urea groups is 1. The molecule has 1 aromatic carbocycles. The number of hydrogen-bond acceptors (Lipinski definition) is 4. The van der Waals surface area contributed by atoms with E-state index >= 15 is 0 Å². The Morgan fingerprint density at radius 2 is 1.97 bits per heavy atom. The number of amides is 3. The van der Waals surface area contributed by atoms with Crippen LogP contribution in [0.5, 0.6) is 0 Å². The highest BCUT2D eigenvalue weighted by Crippen LogP contribution is 2.20. The van der Waals surface area contributed by atoms with Gasteiger partial charge in [0.2, 0.25) is 0 Å². The highest BCUT2D eigenvalue weighted by molar-refractivity contribution is 6.30. The molecule has 29 heavy (non-hydrogen) atoms. The third-order valence-corrected chi connectivity index (χ3v) is 5.05. The van der Waals surface area contributed by atoms with Gasteiger partial charge in [-0.1, -0.05) is 17.7 Å². The fourth-order valence-electron chi connectivity index (χ4n) is 3.22. The Morgan fingerprint density at radius 3 is 2.62 bits per heavy atom. The Labute approximate surface area is 175 Å². The van der Waals surface area contributed by atoms with Crippen LogP contribution in [0.2, 0.25) is 5.02 Å². The third-order valence-electron chi connectivity index (χ3n) is 4.82. The number of pyridine rings is 1. The number of anilines is 2. The number of benzene rings is 1. The zero-order valence-corrected chi connectivity index (χ0v) is 17.6. The first-order valence-electron chi connectivity index (χ1n) is 9.56. The van der Waals surface area contributed by atoms with Crippen LogP contribution in [0, 0.1) is 0 Å². The maximum atomic E-state index is 12.4.